The van der Waals surface area contributed by atoms with Crippen molar-refractivity contribution in [3.8, 4) is 0 Å². The van der Waals surface area contributed by atoms with Gasteiger partial charge in [0.2, 0.25) is 0 Å². The molecule has 0 spiro atoms. The zero-order valence-corrected chi connectivity index (χ0v) is 20.3. The third-order valence-corrected chi connectivity index (χ3v) is 12.3. The molecule has 0 aromatic heterocycles. The molecule has 28 heavy (non-hydrogen) atoms. The van der Waals surface area contributed by atoms with Gasteiger partial charge in [-0.1, -0.05) is 52.1 Å². The van der Waals surface area contributed by atoms with Crippen LogP contribution in [0.5, 0.6) is 0 Å². The van der Waals surface area contributed by atoms with E-state index in [0.29, 0.717) is 34.8 Å². The van der Waals surface area contributed by atoms with Crippen LogP contribution in [0.1, 0.15) is 65.2 Å². The predicted molar refractivity (Wildman–Crippen MR) is 117 cm³/mol. The first-order valence-corrected chi connectivity index (χ1v) is 13.3. The molecule has 3 nitrogen and oxygen atoms in total. The van der Waals surface area contributed by atoms with E-state index in [2.05, 4.69) is 45.7 Å². The lowest BCUT2D eigenvalue weighted by molar-refractivity contribution is -0.132. The van der Waals surface area contributed by atoms with Crippen molar-refractivity contribution in [1.29, 1.82) is 0 Å². The number of alkyl halides is 2. The summed E-state index contributed by atoms with van der Waals surface area (Å²) in [6.07, 6.45) is 8.71. The number of hydrogen-bond acceptors (Lipinski definition) is 3. The Morgan fingerprint density at radius 1 is 1.21 bits per heavy atom. The average molecular weight is 518 g/mol. The largest absolute Gasteiger partial charge is 0.393 e. The quantitative estimate of drug-likeness (QED) is 0.529. The van der Waals surface area contributed by atoms with Gasteiger partial charge in [0.05, 0.1) is 28.5 Å². The molecule has 0 aromatic carbocycles. The number of Topliss-reactive ketones (excluding diaryl/α,β-unsaturated/α-hetero) is 1. The van der Waals surface area contributed by atoms with E-state index < -0.39 is 0 Å². The van der Waals surface area contributed by atoms with Gasteiger partial charge in [0.25, 0.3) is 0 Å². The monoisotopic (exact) mass is 516 g/mol. The number of halogens is 2. The molecular weight excluding hydrogens is 484 g/mol. The van der Waals surface area contributed by atoms with Crippen molar-refractivity contribution in [2.75, 3.05) is 11.9 Å². The van der Waals surface area contributed by atoms with Crippen molar-refractivity contribution in [2.24, 2.45) is 40.4 Å². The second-order valence-electron chi connectivity index (χ2n) is 10.9. The standard InChI is InChI=1S/C23H34Br2O3/c1-3-13-8-17-15-9-19-23(25)10-14(26)4-7-22(23,12-28-19)16(15)5-6-21(17,2)20(13)18(27)11-24/h13-17,19-20,26H,3-12H2,1-2H3/t13-,14+,15-,16+,17+,19-,20-,21+,22+,23+/m1/s1. The van der Waals surface area contributed by atoms with Crippen LogP contribution >= 0.6 is 31.9 Å². The fourth-order valence-corrected chi connectivity index (χ4v) is 10.7. The first-order valence-electron chi connectivity index (χ1n) is 11.4. The van der Waals surface area contributed by atoms with Crippen LogP contribution in [0.15, 0.2) is 0 Å². The minimum atomic E-state index is -0.195. The molecule has 5 aliphatic rings. The summed E-state index contributed by atoms with van der Waals surface area (Å²) < 4.78 is 6.41. The number of aliphatic hydroxyl groups is 1. The Labute approximate surface area is 186 Å². The van der Waals surface area contributed by atoms with E-state index >= 15 is 0 Å². The molecule has 5 fully saturated rings. The lowest BCUT2D eigenvalue weighted by Crippen LogP contribution is -2.63. The summed E-state index contributed by atoms with van der Waals surface area (Å²) in [5, 5.41) is 10.9. The molecule has 1 saturated heterocycles. The Bertz CT molecular complexity index is 670. The average Bonchev–Trinajstić information content (AvgIpc) is 3.05. The molecule has 1 N–H and O–H groups in total. The highest BCUT2D eigenvalue weighted by Gasteiger charge is 2.72. The highest BCUT2D eigenvalue weighted by molar-refractivity contribution is 9.10. The fraction of sp³-hybridized carbons (Fsp3) is 0.957. The molecule has 0 amide bonds. The summed E-state index contributed by atoms with van der Waals surface area (Å²) in [6.45, 7) is 5.58. The summed E-state index contributed by atoms with van der Waals surface area (Å²) in [5.41, 5.74) is 0.337. The van der Waals surface area contributed by atoms with E-state index in [9.17, 15) is 9.90 Å². The SMILES string of the molecule is CC[C@@H]1C[C@H]2[C@@H]3C[C@H]4OC[C@@]5(CC[C@H](O)C[C@]45Br)[C@H]3CC[C@]2(C)[C@H]1C(=O)CBr. The number of rotatable bonds is 3. The first-order chi connectivity index (χ1) is 13.3. The molecule has 1 aliphatic heterocycles. The molecule has 5 heteroatoms. The van der Waals surface area contributed by atoms with Crippen LogP contribution in [0.3, 0.4) is 0 Å². The van der Waals surface area contributed by atoms with Gasteiger partial charge in [0, 0.05) is 11.3 Å². The molecule has 1 heterocycles. The summed E-state index contributed by atoms with van der Waals surface area (Å²) >= 11 is 7.65. The molecular formula is C23H34Br2O3. The van der Waals surface area contributed by atoms with Crippen LogP contribution in [-0.2, 0) is 9.53 Å². The van der Waals surface area contributed by atoms with E-state index in [4.69, 9.17) is 4.74 Å². The number of carbonyl (C=O) groups is 1. The summed E-state index contributed by atoms with van der Waals surface area (Å²) in [7, 11) is 0. The molecule has 10 atom stereocenters. The van der Waals surface area contributed by atoms with Crippen LogP contribution in [0.4, 0.5) is 0 Å². The lowest BCUT2D eigenvalue weighted by Gasteiger charge is -2.62. The van der Waals surface area contributed by atoms with Crippen molar-refractivity contribution in [2.45, 2.75) is 81.7 Å². The van der Waals surface area contributed by atoms with E-state index in [1.165, 1.54) is 19.3 Å². The number of aliphatic hydroxyl groups excluding tert-OH is 1. The van der Waals surface area contributed by atoms with E-state index in [0.717, 1.165) is 38.7 Å². The summed E-state index contributed by atoms with van der Waals surface area (Å²) in [6, 6.07) is 0. The fourth-order valence-electron chi connectivity index (χ4n) is 9.01. The predicted octanol–water partition coefficient (Wildman–Crippen LogP) is 5.11. The van der Waals surface area contributed by atoms with Crippen molar-refractivity contribution in [3.63, 3.8) is 0 Å². The van der Waals surface area contributed by atoms with Gasteiger partial charge in [-0.15, -0.1) is 0 Å². The maximum Gasteiger partial charge on any atom is 0.147 e. The lowest BCUT2D eigenvalue weighted by atomic mass is 9.44. The van der Waals surface area contributed by atoms with Gasteiger partial charge in [0.1, 0.15) is 5.78 Å². The van der Waals surface area contributed by atoms with Crippen molar-refractivity contribution in [1.82, 2.24) is 0 Å². The van der Waals surface area contributed by atoms with Crippen LogP contribution in [0.25, 0.3) is 0 Å². The topological polar surface area (TPSA) is 46.5 Å². The Morgan fingerprint density at radius 2 is 2.00 bits per heavy atom. The Kier molecular flexibility index (Phi) is 4.95. The molecule has 158 valence electrons. The van der Waals surface area contributed by atoms with Crippen molar-refractivity contribution >= 4 is 37.6 Å². The van der Waals surface area contributed by atoms with E-state index in [1.807, 2.05) is 0 Å². The van der Waals surface area contributed by atoms with Crippen molar-refractivity contribution < 1.29 is 14.6 Å². The van der Waals surface area contributed by atoms with E-state index in [-0.39, 0.29) is 33.3 Å². The summed E-state index contributed by atoms with van der Waals surface area (Å²) in [4.78, 5) is 13.0. The Hall–Kier alpha value is 0.550. The highest BCUT2D eigenvalue weighted by Crippen LogP contribution is 2.73. The Balaban J connectivity index is 1.52. The minimum Gasteiger partial charge on any atom is -0.393 e. The van der Waals surface area contributed by atoms with Crippen molar-refractivity contribution in [3.05, 3.63) is 0 Å². The second kappa shape index (κ2) is 6.77. The number of ether oxygens (including phenoxy) is 1. The molecule has 2 bridgehead atoms. The smallest absolute Gasteiger partial charge is 0.147 e. The maximum atomic E-state index is 13.0. The van der Waals surface area contributed by atoms with Gasteiger partial charge in [-0.2, -0.15) is 0 Å². The van der Waals surface area contributed by atoms with Gasteiger partial charge >= 0.3 is 0 Å². The van der Waals surface area contributed by atoms with Gasteiger partial charge in [0.15, 0.2) is 0 Å². The number of ketones is 1. The third kappa shape index (κ3) is 2.42. The molecule has 4 aliphatic carbocycles. The molecule has 4 saturated carbocycles. The van der Waals surface area contributed by atoms with Crippen LogP contribution in [0, 0.1) is 40.4 Å². The number of hydrogen-bond donors (Lipinski definition) is 1. The van der Waals surface area contributed by atoms with Gasteiger partial charge in [-0.3, -0.25) is 4.79 Å². The Morgan fingerprint density at radius 3 is 2.71 bits per heavy atom. The molecule has 0 radical (unpaired) electrons. The number of carbonyl (C=O) groups excluding carboxylic acids is 1. The van der Waals surface area contributed by atoms with Gasteiger partial charge in [-0.25, -0.2) is 0 Å². The van der Waals surface area contributed by atoms with Gasteiger partial charge in [-0.05, 0) is 74.0 Å². The summed E-state index contributed by atoms with van der Waals surface area (Å²) in [5.74, 6) is 3.19. The van der Waals surface area contributed by atoms with Crippen LogP contribution in [0.2, 0.25) is 0 Å². The second-order valence-corrected chi connectivity index (χ2v) is 12.8. The van der Waals surface area contributed by atoms with E-state index in [1.54, 1.807) is 0 Å². The maximum absolute atomic E-state index is 13.0. The van der Waals surface area contributed by atoms with Crippen LogP contribution < -0.4 is 0 Å². The molecule has 5 rings (SSSR count). The van der Waals surface area contributed by atoms with Crippen LogP contribution in [-0.4, -0.2) is 39.4 Å². The zero-order valence-electron chi connectivity index (χ0n) is 17.1. The third-order valence-electron chi connectivity index (χ3n) is 10.1. The minimum absolute atomic E-state index is 0.0413. The van der Waals surface area contributed by atoms with Gasteiger partial charge < -0.3 is 9.84 Å². The zero-order chi connectivity index (χ0) is 19.9. The molecule has 0 unspecified atom stereocenters. The first kappa shape index (κ1) is 20.5. The normalized spacial score (nSPS) is 57.4. The molecule has 0 aromatic rings. The highest BCUT2D eigenvalue weighted by atomic mass is 79.9. The number of fused-ring (bicyclic) bond motifs is 3.